The molecular weight excluding hydrogens is 242 g/mol. The number of benzene rings is 2. The fourth-order valence-corrected chi connectivity index (χ4v) is 3.30. The third-order valence-corrected chi connectivity index (χ3v) is 4.29. The molecule has 1 saturated heterocycles. The first kappa shape index (κ1) is 11.6. The molecular formula is C15H15NOS. The summed E-state index contributed by atoms with van der Waals surface area (Å²) in [4.78, 5) is 14.1. The molecule has 0 aromatic heterocycles. The van der Waals surface area contributed by atoms with Crippen LogP contribution in [0.2, 0.25) is 0 Å². The summed E-state index contributed by atoms with van der Waals surface area (Å²) in [6.45, 7) is 0.897. The Bertz CT molecular complexity index is 570. The summed E-state index contributed by atoms with van der Waals surface area (Å²) in [5.74, 6) is 2.17. The molecule has 3 rings (SSSR count). The van der Waals surface area contributed by atoms with Gasteiger partial charge in [0.1, 0.15) is 0 Å². The highest BCUT2D eigenvalue weighted by Gasteiger charge is 2.18. The van der Waals surface area contributed by atoms with Crippen LogP contribution < -0.4 is 0 Å². The minimum atomic E-state index is 0.247. The number of carbonyl (C=O) groups excluding carboxylic acids is 1. The highest BCUT2D eigenvalue weighted by atomic mass is 32.2. The highest BCUT2D eigenvalue weighted by molar-refractivity contribution is 7.99. The van der Waals surface area contributed by atoms with Crippen molar-refractivity contribution < 1.29 is 4.79 Å². The van der Waals surface area contributed by atoms with Gasteiger partial charge in [-0.3, -0.25) is 4.79 Å². The van der Waals surface area contributed by atoms with Gasteiger partial charge in [-0.1, -0.05) is 42.5 Å². The quantitative estimate of drug-likeness (QED) is 0.824. The average molecular weight is 257 g/mol. The molecule has 92 valence electrons. The smallest absolute Gasteiger partial charge is 0.227 e. The summed E-state index contributed by atoms with van der Waals surface area (Å²) in [6, 6.07) is 14.4. The van der Waals surface area contributed by atoms with Crippen LogP contribution in [0.15, 0.2) is 42.5 Å². The molecule has 1 fully saturated rings. The van der Waals surface area contributed by atoms with Crippen molar-refractivity contribution in [1.29, 1.82) is 0 Å². The molecule has 1 amide bonds. The molecule has 1 aliphatic heterocycles. The van der Waals surface area contributed by atoms with Gasteiger partial charge in [-0.2, -0.15) is 0 Å². The summed E-state index contributed by atoms with van der Waals surface area (Å²) in [5, 5.41) is 2.40. The van der Waals surface area contributed by atoms with Crippen LogP contribution in [0.4, 0.5) is 0 Å². The van der Waals surface area contributed by atoms with Crippen molar-refractivity contribution in [2.24, 2.45) is 0 Å². The summed E-state index contributed by atoms with van der Waals surface area (Å²) in [6.07, 6.45) is 0.516. The second-order valence-electron chi connectivity index (χ2n) is 4.51. The van der Waals surface area contributed by atoms with E-state index in [9.17, 15) is 4.79 Å². The van der Waals surface area contributed by atoms with E-state index in [0.29, 0.717) is 6.42 Å². The summed E-state index contributed by atoms with van der Waals surface area (Å²) < 4.78 is 0. The van der Waals surface area contributed by atoms with E-state index >= 15 is 0 Å². The zero-order valence-corrected chi connectivity index (χ0v) is 11.0. The maximum Gasteiger partial charge on any atom is 0.227 e. The Hall–Kier alpha value is -1.48. The SMILES string of the molecule is O=C(Cc1cccc2ccccc12)N1CCSC1. The number of fused-ring (bicyclic) bond motifs is 1. The van der Waals surface area contributed by atoms with E-state index < -0.39 is 0 Å². The summed E-state index contributed by atoms with van der Waals surface area (Å²) in [7, 11) is 0. The van der Waals surface area contributed by atoms with Gasteiger partial charge >= 0.3 is 0 Å². The number of amides is 1. The van der Waals surface area contributed by atoms with Crippen LogP contribution in [0.3, 0.4) is 0 Å². The third kappa shape index (κ3) is 2.23. The van der Waals surface area contributed by atoms with Crippen LogP contribution in [-0.2, 0) is 11.2 Å². The number of thioether (sulfide) groups is 1. The summed E-state index contributed by atoms with van der Waals surface area (Å²) >= 11 is 1.83. The normalized spacial score (nSPS) is 15.2. The van der Waals surface area contributed by atoms with Crippen LogP contribution >= 0.6 is 11.8 Å². The predicted octanol–water partition coefficient (Wildman–Crippen LogP) is 2.92. The first-order valence-electron chi connectivity index (χ1n) is 6.17. The van der Waals surface area contributed by atoms with E-state index in [-0.39, 0.29) is 5.91 Å². The molecule has 0 saturated carbocycles. The van der Waals surface area contributed by atoms with Crippen LogP contribution in [0.1, 0.15) is 5.56 Å². The van der Waals surface area contributed by atoms with Crippen molar-refractivity contribution in [2.45, 2.75) is 6.42 Å². The molecule has 0 radical (unpaired) electrons. The lowest BCUT2D eigenvalue weighted by molar-refractivity contribution is -0.128. The second-order valence-corrected chi connectivity index (χ2v) is 5.58. The topological polar surface area (TPSA) is 20.3 Å². The lowest BCUT2D eigenvalue weighted by Crippen LogP contribution is -2.29. The van der Waals surface area contributed by atoms with Gasteiger partial charge in [0.15, 0.2) is 0 Å². The molecule has 0 spiro atoms. The van der Waals surface area contributed by atoms with Crippen LogP contribution in [-0.4, -0.2) is 29.0 Å². The van der Waals surface area contributed by atoms with Crippen molar-refractivity contribution in [2.75, 3.05) is 18.2 Å². The van der Waals surface area contributed by atoms with E-state index in [0.717, 1.165) is 23.7 Å². The Morgan fingerprint density at radius 2 is 2.00 bits per heavy atom. The monoisotopic (exact) mass is 257 g/mol. The third-order valence-electron chi connectivity index (χ3n) is 3.33. The van der Waals surface area contributed by atoms with Gasteiger partial charge in [0.25, 0.3) is 0 Å². The second kappa shape index (κ2) is 5.02. The van der Waals surface area contributed by atoms with Crippen molar-refractivity contribution in [3.63, 3.8) is 0 Å². The lowest BCUT2D eigenvalue weighted by atomic mass is 10.0. The molecule has 2 aromatic rings. The summed E-state index contributed by atoms with van der Waals surface area (Å²) in [5.41, 5.74) is 1.13. The van der Waals surface area contributed by atoms with E-state index in [1.807, 2.05) is 34.9 Å². The van der Waals surface area contributed by atoms with Crippen LogP contribution in [0.25, 0.3) is 10.8 Å². The molecule has 2 nitrogen and oxygen atoms in total. The first-order chi connectivity index (χ1) is 8.84. The van der Waals surface area contributed by atoms with Gasteiger partial charge in [-0.05, 0) is 16.3 Å². The standard InChI is InChI=1S/C15H15NOS/c17-15(16-8-9-18-11-16)10-13-6-3-5-12-4-1-2-7-14(12)13/h1-7H,8-11H2. The van der Waals surface area contributed by atoms with Crippen molar-refractivity contribution in [3.05, 3.63) is 48.0 Å². The largest absolute Gasteiger partial charge is 0.332 e. The van der Waals surface area contributed by atoms with Gasteiger partial charge in [-0.25, -0.2) is 0 Å². The van der Waals surface area contributed by atoms with Crippen LogP contribution in [0.5, 0.6) is 0 Å². The predicted molar refractivity (Wildman–Crippen MR) is 76.7 cm³/mol. The van der Waals surface area contributed by atoms with Gasteiger partial charge < -0.3 is 4.90 Å². The van der Waals surface area contributed by atoms with E-state index in [2.05, 4.69) is 24.3 Å². The molecule has 2 aromatic carbocycles. The van der Waals surface area contributed by atoms with E-state index in [1.165, 1.54) is 10.8 Å². The van der Waals surface area contributed by atoms with Gasteiger partial charge in [0.2, 0.25) is 5.91 Å². The van der Waals surface area contributed by atoms with Crippen molar-refractivity contribution >= 4 is 28.4 Å². The Morgan fingerprint density at radius 1 is 1.17 bits per heavy atom. The van der Waals surface area contributed by atoms with Gasteiger partial charge in [0.05, 0.1) is 12.3 Å². The average Bonchev–Trinajstić information content (AvgIpc) is 2.93. The molecule has 0 bridgehead atoms. The number of hydrogen-bond acceptors (Lipinski definition) is 2. The molecule has 0 N–H and O–H groups in total. The fourth-order valence-electron chi connectivity index (χ4n) is 2.33. The zero-order chi connectivity index (χ0) is 12.4. The lowest BCUT2D eigenvalue weighted by Gasteiger charge is -2.15. The van der Waals surface area contributed by atoms with Crippen molar-refractivity contribution in [1.82, 2.24) is 4.90 Å². The molecule has 0 aliphatic carbocycles. The molecule has 0 unspecified atom stereocenters. The Labute approximate surface area is 111 Å². The Kier molecular flexibility index (Phi) is 3.24. The minimum absolute atomic E-state index is 0.247. The van der Waals surface area contributed by atoms with Gasteiger partial charge in [0, 0.05) is 12.3 Å². The zero-order valence-electron chi connectivity index (χ0n) is 10.1. The molecule has 1 heterocycles. The number of carbonyl (C=O) groups is 1. The molecule has 0 atom stereocenters. The van der Waals surface area contributed by atoms with Gasteiger partial charge in [-0.15, -0.1) is 11.8 Å². The van der Waals surface area contributed by atoms with Crippen molar-refractivity contribution in [3.8, 4) is 0 Å². The van der Waals surface area contributed by atoms with Crippen LogP contribution in [0, 0.1) is 0 Å². The highest BCUT2D eigenvalue weighted by Crippen LogP contribution is 2.21. The Balaban J connectivity index is 1.88. The number of rotatable bonds is 2. The van der Waals surface area contributed by atoms with E-state index in [1.54, 1.807) is 0 Å². The molecule has 3 heteroatoms. The van der Waals surface area contributed by atoms with E-state index in [4.69, 9.17) is 0 Å². The molecule has 1 aliphatic rings. The molecule has 18 heavy (non-hydrogen) atoms. The first-order valence-corrected chi connectivity index (χ1v) is 7.32. The number of hydrogen-bond donors (Lipinski definition) is 0. The Morgan fingerprint density at radius 3 is 2.83 bits per heavy atom. The minimum Gasteiger partial charge on any atom is -0.332 e. The number of nitrogens with zero attached hydrogens (tertiary/aromatic N) is 1. The fraction of sp³-hybridized carbons (Fsp3) is 0.267. The maximum atomic E-state index is 12.2. The maximum absolute atomic E-state index is 12.2.